The summed E-state index contributed by atoms with van der Waals surface area (Å²) in [6, 6.07) is 33.1. The van der Waals surface area contributed by atoms with Gasteiger partial charge in [0.2, 0.25) is 11.8 Å². The predicted octanol–water partition coefficient (Wildman–Crippen LogP) is 8.33. The Morgan fingerprint density at radius 1 is 0.468 bits per heavy atom. The van der Waals surface area contributed by atoms with Crippen LogP contribution in [0.3, 0.4) is 0 Å². The Kier molecular flexibility index (Phi) is 13.3. The molecule has 244 valence electrons. The number of carbonyl (C=O) groups is 4. The minimum absolute atomic E-state index is 0.0573. The lowest BCUT2D eigenvalue weighted by Crippen LogP contribution is -2.30. The van der Waals surface area contributed by atoms with Crippen LogP contribution < -0.4 is 20.4 Å². The van der Waals surface area contributed by atoms with Crippen LogP contribution in [0.2, 0.25) is 0 Å². The predicted molar refractivity (Wildman–Crippen MR) is 190 cm³/mol. The standard InChI is InChI=1S/C39H44N4O4/c1-3-42(34-16-10-8-11-17-34)38(46)30-22-26-32(27-23-30)40-36(44)20-14-6-5-7-15-21-37(45)41-33-28-24-31(25-29-33)39(47)43(4-2)35-18-12-9-13-19-35/h8-13,16-19,22-29H,3-7,14-15,20-21H2,1-2H3,(H,40,44)(H,41,45). The van der Waals surface area contributed by atoms with E-state index in [0.29, 0.717) is 48.4 Å². The molecule has 0 fully saturated rings. The Morgan fingerprint density at radius 3 is 1.15 bits per heavy atom. The molecular weight excluding hydrogens is 588 g/mol. The van der Waals surface area contributed by atoms with Gasteiger partial charge in [-0.05, 0) is 99.5 Å². The molecule has 0 aliphatic heterocycles. The van der Waals surface area contributed by atoms with Crippen LogP contribution in [0.25, 0.3) is 0 Å². The highest BCUT2D eigenvalue weighted by Gasteiger charge is 2.17. The van der Waals surface area contributed by atoms with E-state index in [2.05, 4.69) is 10.6 Å². The van der Waals surface area contributed by atoms with Gasteiger partial charge in [0.15, 0.2) is 0 Å². The molecule has 4 aromatic carbocycles. The van der Waals surface area contributed by atoms with Gasteiger partial charge in [0.1, 0.15) is 0 Å². The number of nitrogens with one attached hydrogen (secondary N) is 2. The molecule has 0 aliphatic carbocycles. The van der Waals surface area contributed by atoms with Crippen molar-refractivity contribution < 1.29 is 19.2 Å². The lowest BCUT2D eigenvalue weighted by molar-refractivity contribution is -0.117. The summed E-state index contributed by atoms with van der Waals surface area (Å²) in [7, 11) is 0. The molecular formula is C39H44N4O4. The molecule has 8 nitrogen and oxygen atoms in total. The molecule has 0 bridgehead atoms. The molecule has 8 heteroatoms. The van der Waals surface area contributed by atoms with Gasteiger partial charge < -0.3 is 20.4 Å². The highest BCUT2D eigenvalue weighted by Crippen LogP contribution is 2.20. The smallest absolute Gasteiger partial charge is 0.258 e. The Balaban J connectivity index is 1.09. The van der Waals surface area contributed by atoms with Gasteiger partial charge in [0.25, 0.3) is 11.8 Å². The third kappa shape index (κ3) is 10.4. The van der Waals surface area contributed by atoms with Crippen molar-refractivity contribution in [1.82, 2.24) is 0 Å². The fraction of sp³-hybridized carbons (Fsp3) is 0.282. The van der Waals surface area contributed by atoms with E-state index in [0.717, 1.165) is 43.5 Å². The second-order valence-electron chi connectivity index (χ2n) is 11.3. The van der Waals surface area contributed by atoms with E-state index in [9.17, 15) is 19.2 Å². The van der Waals surface area contributed by atoms with Crippen LogP contribution in [0.15, 0.2) is 109 Å². The average Bonchev–Trinajstić information content (AvgIpc) is 3.10. The minimum Gasteiger partial charge on any atom is -0.326 e. The SMILES string of the molecule is CCN(C(=O)c1ccc(NC(=O)CCCCCCCC(=O)Nc2ccc(C(=O)N(CC)c3ccccc3)cc2)cc1)c1ccccc1. The van der Waals surface area contributed by atoms with Crippen molar-refractivity contribution in [2.24, 2.45) is 0 Å². The number of rotatable bonds is 16. The van der Waals surface area contributed by atoms with Gasteiger partial charge in [-0.15, -0.1) is 0 Å². The molecule has 0 saturated heterocycles. The number of nitrogens with zero attached hydrogens (tertiary/aromatic N) is 2. The van der Waals surface area contributed by atoms with Gasteiger partial charge in [-0.25, -0.2) is 0 Å². The van der Waals surface area contributed by atoms with Crippen LogP contribution in [0.1, 0.15) is 79.5 Å². The highest BCUT2D eigenvalue weighted by atomic mass is 16.2. The molecule has 0 unspecified atom stereocenters. The van der Waals surface area contributed by atoms with E-state index in [1.807, 2.05) is 74.5 Å². The van der Waals surface area contributed by atoms with Crippen LogP contribution >= 0.6 is 0 Å². The number of hydrogen-bond donors (Lipinski definition) is 2. The Bertz CT molecular complexity index is 1470. The number of benzene rings is 4. The maximum absolute atomic E-state index is 13.0. The molecule has 0 aromatic heterocycles. The second kappa shape index (κ2) is 18.0. The van der Waals surface area contributed by atoms with Crippen molar-refractivity contribution in [3.8, 4) is 0 Å². The van der Waals surface area contributed by atoms with Crippen molar-refractivity contribution in [3.63, 3.8) is 0 Å². The molecule has 0 aliphatic rings. The van der Waals surface area contributed by atoms with E-state index < -0.39 is 0 Å². The first kappa shape index (κ1) is 34.6. The first-order valence-electron chi connectivity index (χ1n) is 16.4. The molecule has 0 heterocycles. The molecule has 0 spiro atoms. The van der Waals surface area contributed by atoms with Gasteiger partial charge in [0.05, 0.1) is 0 Å². The Hall–Kier alpha value is -5.24. The van der Waals surface area contributed by atoms with Crippen molar-refractivity contribution >= 4 is 46.4 Å². The quantitative estimate of drug-likeness (QED) is 0.121. The third-order valence-corrected chi connectivity index (χ3v) is 7.90. The largest absolute Gasteiger partial charge is 0.326 e. The first-order chi connectivity index (χ1) is 22.9. The van der Waals surface area contributed by atoms with E-state index >= 15 is 0 Å². The van der Waals surface area contributed by atoms with Crippen LogP contribution in [-0.2, 0) is 9.59 Å². The summed E-state index contributed by atoms with van der Waals surface area (Å²) in [5, 5.41) is 5.82. The fourth-order valence-electron chi connectivity index (χ4n) is 5.36. The fourth-order valence-corrected chi connectivity index (χ4v) is 5.36. The zero-order chi connectivity index (χ0) is 33.4. The highest BCUT2D eigenvalue weighted by molar-refractivity contribution is 6.07. The first-order valence-corrected chi connectivity index (χ1v) is 16.4. The summed E-state index contributed by atoms with van der Waals surface area (Å²) in [6.07, 6.45) is 5.12. The molecule has 4 aromatic rings. The minimum atomic E-state index is -0.0841. The van der Waals surface area contributed by atoms with E-state index in [1.54, 1.807) is 58.3 Å². The summed E-state index contributed by atoms with van der Waals surface area (Å²) in [4.78, 5) is 54.3. The molecule has 4 amide bonds. The van der Waals surface area contributed by atoms with Crippen molar-refractivity contribution in [1.29, 1.82) is 0 Å². The second-order valence-corrected chi connectivity index (χ2v) is 11.3. The van der Waals surface area contributed by atoms with Gasteiger partial charge in [0, 0.05) is 59.8 Å². The summed E-state index contributed by atoms with van der Waals surface area (Å²) in [5.74, 6) is -0.283. The summed E-state index contributed by atoms with van der Waals surface area (Å²) in [6.45, 7) is 5.00. The molecule has 0 atom stereocenters. The number of anilines is 4. The third-order valence-electron chi connectivity index (χ3n) is 7.90. The molecule has 0 saturated carbocycles. The lowest BCUT2D eigenvalue weighted by atomic mass is 10.1. The zero-order valence-corrected chi connectivity index (χ0v) is 27.3. The zero-order valence-electron chi connectivity index (χ0n) is 27.3. The number of amides is 4. The molecule has 2 N–H and O–H groups in total. The van der Waals surface area contributed by atoms with Crippen LogP contribution in [-0.4, -0.2) is 36.7 Å². The van der Waals surface area contributed by atoms with E-state index in [1.165, 1.54) is 0 Å². The molecule has 4 rings (SSSR count). The number of carbonyl (C=O) groups excluding carboxylic acids is 4. The Labute approximate surface area is 277 Å². The Morgan fingerprint density at radius 2 is 0.809 bits per heavy atom. The van der Waals surface area contributed by atoms with E-state index in [-0.39, 0.29) is 23.6 Å². The van der Waals surface area contributed by atoms with Crippen molar-refractivity contribution in [2.45, 2.75) is 58.8 Å². The van der Waals surface area contributed by atoms with Crippen LogP contribution in [0, 0.1) is 0 Å². The lowest BCUT2D eigenvalue weighted by Gasteiger charge is -2.21. The van der Waals surface area contributed by atoms with Crippen LogP contribution in [0.4, 0.5) is 22.7 Å². The van der Waals surface area contributed by atoms with Gasteiger partial charge in [-0.3, -0.25) is 19.2 Å². The summed E-state index contributed by atoms with van der Waals surface area (Å²) >= 11 is 0. The monoisotopic (exact) mass is 632 g/mol. The number of unbranched alkanes of at least 4 members (excludes halogenated alkanes) is 4. The topological polar surface area (TPSA) is 98.8 Å². The van der Waals surface area contributed by atoms with Crippen LogP contribution in [0.5, 0.6) is 0 Å². The van der Waals surface area contributed by atoms with Gasteiger partial charge in [-0.2, -0.15) is 0 Å². The maximum atomic E-state index is 13.0. The summed E-state index contributed by atoms with van der Waals surface area (Å²) in [5.41, 5.74) is 4.15. The molecule has 0 radical (unpaired) electrons. The normalized spacial score (nSPS) is 10.6. The van der Waals surface area contributed by atoms with E-state index in [4.69, 9.17) is 0 Å². The summed E-state index contributed by atoms with van der Waals surface area (Å²) < 4.78 is 0. The number of para-hydroxylation sites is 2. The number of hydrogen-bond acceptors (Lipinski definition) is 4. The van der Waals surface area contributed by atoms with Gasteiger partial charge >= 0.3 is 0 Å². The van der Waals surface area contributed by atoms with Gasteiger partial charge in [-0.1, -0.05) is 55.7 Å². The van der Waals surface area contributed by atoms with Crippen molar-refractivity contribution in [2.75, 3.05) is 33.5 Å². The average molecular weight is 633 g/mol. The van der Waals surface area contributed by atoms with Crippen molar-refractivity contribution in [3.05, 3.63) is 120 Å². The maximum Gasteiger partial charge on any atom is 0.258 e. The molecule has 47 heavy (non-hydrogen) atoms.